The summed E-state index contributed by atoms with van der Waals surface area (Å²) in [5.41, 5.74) is 0. The molecule has 6 nitrogen and oxygen atoms in total. The lowest BCUT2D eigenvalue weighted by Crippen LogP contribution is -2.48. The van der Waals surface area contributed by atoms with Gasteiger partial charge in [-0.1, -0.05) is 20.8 Å². The Morgan fingerprint density at radius 3 is 1.68 bits per heavy atom. The minimum atomic E-state index is -2.02. The summed E-state index contributed by atoms with van der Waals surface area (Å²) >= 11 is 5.80. The van der Waals surface area contributed by atoms with Crippen LogP contribution >= 0.6 is 19.6 Å². The van der Waals surface area contributed by atoms with Crippen molar-refractivity contribution in [2.45, 2.75) is 39.8 Å². The standard InChI is InChI=1S/C17H35N4O2PS/c1-6-19(7-2)16(25)18-24(17(3,4)5,20-8-12-22-13-9-20)21-10-14-23-15-11-21/h6-15H2,1-5H3. The van der Waals surface area contributed by atoms with E-state index < -0.39 is 7.36 Å². The maximum absolute atomic E-state index is 5.80. The molecule has 0 radical (unpaired) electrons. The Morgan fingerprint density at radius 1 is 0.960 bits per heavy atom. The maximum Gasteiger partial charge on any atom is 0.196 e. The second-order valence-electron chi connectivity index (χ2n) is 7.43. The zero-order valence-corrected chi connectivity index (χ0v) is 18.2. The van der Waals surface area contributed by atoms with E-state index in [-0.39, 0.29) is 5.16 Å². The van der Waals surface area contributed by atoms with Crippen LogP contribution in [0, 0.1) is 0 Å². The molecule has 0 aromatic heterocycles. The van der Waals surface area contributed by atoms with Crippen molar-refractivity contribution >= 4 is 24.7 Å². The first-order valence-electron chi connectivity index (χ1n) is 9.44. The first-order valence-corrected chi connectivity index (χ1v) is 11.5. The zero-order chi connectivity index (χ0) is 18.5. The van der Waals surface area contributed by atoms with Gasteiger partial charge in [-0.15, -0.1) is 0 Å². The van der Waals surface area contributed by atoms with Crippen molar-refractivity contribution in [3.63, 3.8) is 0 Å². The molecule has 0 aliphatic carbocycles. The number of morpholine rings is 2. The smallest absolute Gasteiger partial charge is 0.196 e. The first-order chi connectivity index (χ1) is 11.9. The lowest BCUT2D eigenvalue weighted by atomic mass is 10.3. The highest BCUT2D eigenvalue weighted by molar-refractivity contribution is 7.81. The van der Waals surface area contributed by atoms with E-state index in [4.69, 9.17) is 26.4 Å². The van der Waals surface area contributed by atoms with Gasteiger partial charge >= 0.3 is 0 Å². The van der Waals surface area contributed by atoms with E-state index in [9.17, 15) is 0 Å². The Hall–Kier alpha value is -0.0400. The van der Waals surface area contributed by atoms with Crippen LogP contribution in [0.5, 0.6) is 0 Å². The number of rotatable bonds is 4. The normalized spacial score (nSPS) is 21.2. The van der Waals surface area contributed by atoms with Gasteiger partial charge in [0.25, 0.3) is 0 Å². The average Bonchev–Trinajstić information content (AvgIpc) is 2.61. The molecule has 8 heteroatoms. The number of hydrogen-bond donors (Lipinski definition) is 0. The highest BCUT2D eigenvalue weighted by atomic mass is 32.1. The molecule has 0 spiro atoms. The third-order valence-electron chi connectivity index (χ3n) is 4.92. The molecule has 0 N–H and O–H groups in total. The summed E-state index contributed by atoms with van der Waals surface area (Å²) in [7, 11) is -2.02. The van der Waals surface area contributed by atoms with Crippen LogP contribution < -0.4 is 0 Å². The van der Waals surface area contributed by atoms with E-state index in [0.29, 0.717) is 0 Å². The Bertz CT molecular complexity index is 471. The van der Waals surface area contributed by atoms with Gasteiger partial charge in [-0.3, -0.25) is 9.34 Å². The predicted octanol–water partition coefficient (Wildman–Crippen LogP) is 3.11. The van der Waals surface area contributed by atoms with E-state index in [1.54, 1.807) is 0 Å². The second kappa shape index (κ2) is 9.25. The van der Waals surface area contributed by atoms with Crippen molar-refractivity contribution in [3.8, 4) is 0 Å². The lowest BCUT2D eigenvalue weighted by molar-refractivity contribution is 0.0550. The average molecular weight is 391 g/mol. The minimum Gasteiger partial charge on any atom is -0.379 e. The molecule has 0 atom stereocenters. The van der Waals surface area contributed by atoms with Crippen molar-refractivity contribution in [1.82, 2.24) is 14.2 Å². The third-order valence-corrected chi connectivity index (χ3v) is 10.1. The molecular weight excluding hydrogens is 355 g/mol. The maximum atomic E-state index is 5.80. The fourth-order valence-corrected chi connectivity index (χ4v) is 8.66. The fourth-order valence-electron chi connectivity index (χ4n) is 3.65. The van der Waals surface area contributed by atoms with Gasteiger partial charge in [-0.25, -0.2) is 4.74 Å². The van der Waals surface area contributed by atoms with Crippen molar-refractivity contribution in [1.29, 1.82) is 0 Å². The monoisotopic (exact) mass is 390 g/mol. The van der Waals surface area contributed by atoms with Gasteiger partial charge in [0.1, 0.15) is 7.36 Å². The summed E-state index contributed by atoms with van der Waals surface area (Å²) in [6.07, 6.45) is 0. The van der Waals surface area contributed by atoms with Gasteiger partial charge in [0.05, 0.1) is 26.4 Å². The molecular formula is C17H35N4O2PS. The van der Waals surface area contributed by atoms with E-state index in [1.807, 2.05) is 0 Å². The summed E-state index contributed by atoms with van der Waals surface area (Å²) in [4.78, 5) is 2.19. The van der Waals surface area contributed by atoms with E-state index in [0.717, 1.165) is 70.8 Å². The van der Waals surface area contributed by atoms with E-state index in [2.05, 4.69) is 48.9 Å². The zero-order valence-electron chi connectivity index (χ0n) is 16.5. The summed E-state index contributed by atoms with van der Waals surface area (Å²) in [5.74, 6) is 0. The van der Waals surface area contributed by atoms with E-state index >= 15 is 0 Å². The molecule has 146 valence electrons. The molecule has 0 amide bonds. The number of nitrogens with zero attached hydrogens (tertiary/aromatic N) is 4. The summed E-state index contributed by atoms with van der Waals surface area (Å²) in [6.45, 7) is 19.8. The van der Waals surface area contributed by atoms with Gasteiger partial charge in [-0.05, 0) is 26.1 Å². The van der Waals surface area contributed by atoms with Crippen molar-refractivity contribution in [3.05, 3.63) is 0 Å². The van der Waals surface area contributed by atoms with Crippen LogP contribution in [0.2, 0.25) is 0 Å². The van der Waals surface area contributed by atoms with Gasteiger partial charge < -0.3 is 14.4 Å². The summed E-state index contributed by atoms with van der Waals surface area (Å²) in [6, 6.07) is 0. The van der Waals surface area contributed by atoms with Gasteiger partial charge in [-0.2, -0.15) is 0 Å². The van der Waals surface area contributed by atoms with Crippen molar-refractivity contribution in [2.24, 2.45) is 4.74 Å². The molecule has 0 aromatic rings. The molecule has 0 unspecified atom stereocenters. The molecule has 2 heterocycles. The molecule has 0 bridgehead atoms. The largest absolute Gasteiger partial charge is 0.379 e. The van der Waals surface area contributed by atoms with Gasteiger partial charge in [0.2, 0.25) is 0 Å². The number of thiocarbonyl (C=S) groups is 1. The van der Waals surface area contributed by atoms with Crippen LogP contribution in [-0.2, 0) is 9.47 Å². The van der Waals surface area contributed by atoms with Crippen LogP contribution in [0.25, 0.3) is 0 Å². The van der Waals surface area contributed by atoms with E-state index in [1.165, 1.54) is 0 Å². The van der Waals surface area contributed by atoms with Crippen LogP contribution in [0.3, 0.4) is 0 Å². The summed E-state index contributed by atoms with van der Waals surface area (Å²) < 4.78 is 21.8. The van der Waals surface area contributed by atoms with Crippen LogP contribution in [0.1, 0.15) is 34.6 Å². The molecule has 25 heavy (non-hydrogen) atoms. The Kier molecular flexibility index (Phi) is 7.86. The second-order valence-corrected chi connectivity index (χ2v) is 11.6. The molecule has 0 saturated carbocycles. The molecule has 2 fully saturated rings. The SMILES string of the molecule is CCN(CC)C(=S)N=P(N1CCOCC1)(N1CCOCC1)C(C)(C)C. The van der Waals surface area contributed by atoms with Crippen LogP contribution in [-0.4, -0.2) is 90.2 Å². The Balaban J connectivity index is 2.54. The predicted molar refractivity (Wildman–Crippen MR) is 109 cm³/mol. The fraction of sp³-hybridized carbons (Fsp3) is 0.941. The first kappa shape index (κ1) is 21.3. The van der Waals surface area contributed by atoms with Crippen LogP contribution in [0.4, 0.5) is 0 Å². The van der Waals surface area contributed by atoms with Crippen molar-refractivity contribution < 1.29 is 9.47 Å². The topological polar surface area (TPSA) is 40.5 Å². The highest BCUT2D eigenvalue weighted by Crippen LogP contribution is 2.66. The third kappa shape index (κ3) is 4.63. The summed E-state index contributed by atoms with van der Waals surface area (Å²) in [5, 5.41) is 0.769. The van der Waals surface area contributed by atoms with Gasteiger partial charge in [0, 0.05) is 44.4 Å². The quantitative estimate of drug-likeness (QED) is 0.543. The highest BCUT2D eigenvalue weighted by Gasteiger charge is 2.45. The molecule has 2 rings (SSSR count). The molecule has 2 saturated heterocycles. The number of ether oxygens (including phenoxy) is 2. The Morgan fingerprint density at radius 2 is 1.36 bits per heavy atom. The number of hydrogen-bond acceptors (Lipinski definition) is 3. The minimum absolute atomic E-state index is 0.0128. The van der Waals surface area contributed by atoms with Gasteiger partial charge in [0.15, 0.2) is 5.11 Å². The molecule has 0 aromatic carbocycles. The molecule has 2 aliphatic heterocycles. The van der Waals surface area contributed by atoms with Crippen molar-refractivity contribution in [2.75, 3.05) is 65.7 Å². The Labute approximate surface area is 159 Å². The van der Waals surface area contributed by atoms with Crippen LogP contribution in [0.15, 0.2) is 4.74 Å². The lowest BCUT2D eigenvalue weighted by Gasteiger charge is -2.52. The molecule has 2 aliphatic rings.